The van der Waals surface area contributed by atoms with E-state index in [1.165, 1.54) is 19.2 Å². The zero-order valence-corrected chi connectivity index (χ0v) is 13.7. The van der Waals surface area contributed by atoms with E-state index in [9.17, 15) is 13.2 Å². The monoisotopic (exact) mass is 344 g/mol. The topological polar surface area (TPSA) is 33.7 Å². The van der Waals surface area contributed by atoms with Gasteiger partial charge in [0.25, 0.3) is 0 Å². The molecule has 0 bridgehead atoms. The van der Waals surface area contributed by atoms with Crippen molar-refractivity contribution in [3.8, 4) is 11.5 Å². The fraction of sp³-hybridized carbons (Fsp3) is 0.529. The van der Waals surface area contributed by atoms with Gasteiger partial charge in [0.05, 0.1) is 7.11 Å². The fourth-order valence-electron chi connectivity index (χ4n) is 2.97. The molecule has 1 heterocycles. The lowest BCUT2D eigenvalue weighted by Crippen LogP contribution is -2.45. The van der Waals surface area contributed by atoms with Crippen molar-refractivity contribution < 1.29 is 22.6 Å². The minimum Gasteiger partial charge on any atom is -0.496 e. The van der Waals surface area contributed by atoms with Gasteiger partial charge < -0.3 is 14.8 Å². The minimum atomic E-state index is -4.71. The smallest absolute Gasteiger partial charge is 0.496 e. The number of alkyl halides is 3. The summed E-state index contributed by atoms with van der Waals surface area (Å²) in [5.41, 5.74) is 0.871. The molecule has 1 aromatic carbocycles. The first-order chi connectivity index (χ1) is 11.4. The molecule has 0 aliphatic carbocycles. The van der Waals surface area contributed by atoms with Gasteiger partial charge in [0, 0.05) is 43.9 Å². The number of nitrogens with zero attached hydrogens (tertiary/aromatic N) is 1. The van der Waals surface area contributed by atoms with Crippen molar-refractivity contribution in [3.05, 3.63) is 36.4 Å². The second-order valence-corrected chi connectivity index (χ2v) is 5.62. The number of halogens is 3. The van der Waals surface area contributed by atoms with Crippen LogP contribution in [0.25, 0.3) is 0 Å². The maximum Gasteiger partial charge on any atom is 0.573 e. The lowest BCUT2D eigenvalue weighted by molar-refractivity contribution is -0.274. The third-order valence-corrected chi connectivity index (χ3v) is 4.03. The Morgan fingerprint density at radius 3 is 2.62 bits per heavy atom. The zero-order valence-electron chi connectivity index (χ0n) is 13.7. The Balaban J connectivity index is 2.28. The zero-order chi connectivity index (χ0) is 17.6. The van der Waals surface area contributed by atoms with Crippen LogP contribution in [0.15, 0.2) is 30.9 Å². The van der Waals surface area contributed by atoms with Crippen LogP contribution in [0.4, 0.5) is 13.2 Å². The summed E-state index contributed by atoms with van der Waals surface area (Å²) in [6.07, 6.45) is -1.21. The van der Waals surface area contributed by atoms with E-state index in [0.29, 0.717) is 5.75 Å². The Hall–Kier alpha value is -1.73. The quantitative estimate of drug-likeness (QED) is 0.768. The lowest BCUT2D eigenvalue weighted by Gasteiger charge is -2.35. The normalized spacial score (nSPS) is 17.3. The van der Waals surface area contributed by atoms with E-state index in [1.807, 2.05) is 6.08 Å². The summed E-state index contributed by atoms with van der Waals surface area (Å²) >= 11 is 0. The van der Waals surface area contributed by atoms with Crippen LogP contribution < -0.4 is 14.8 Å². The maximum absolute atomic E-state index is 12.4. The molecule has 1 atom stereocenters. The van der Waals surface area contributed by atoms with Gasteiger partial charge in [0.2, 0.25) is 0 Å². The summed E-state index contributed by atoms with van der Waals surface area (Å²) in [6, 6.07) is 4.37. The molecule has 1 aromatic rings. The van der Waals surface area contributed by atoms with Crippen molar-refractivity contribution >= 4 is 0 Å². The SMILES string of the molecule is C=CCC[C@H](c1ccc(OC(F)(F)F)cc1OC)N1CCNCC1. The Morgan fingerprint density at radius 2 is 2.04 bits per heavy atom. The molecule has 1 fully saturated rings. The van der Waals surface area contributed by atoms with Gasteiger partial charge in [-0.3, -0.25) is 4.90 Å². The number of rotatable bonds is 7. The summed E-state index contributed by atoms with van der Waals surface area (Å²) < 4.78 is 46.5. The molecule has 0 unspecified atom stereocenters. The first-order valence-corrected chi connectivity index (χ1v) is 7.94. The number of ether oxygens (including phenoxy) is 2. The predicted octanol–water partition coefficient (Wildman–Crippen LogP) is 3.51. The average Bonchev–Trinajstić information content (AvgIpc) is 2.55. The van der Waals surface area contributed by atoms with Crippen molar-refractivity contribution in [3.63, 3.8) is 0 Å². The van der Waals surface area contributed by atoms with Gasteiger partial charge in [0.1, 0.15) is 11.5 Å². The van der Waals surface area contributed by atoms with Gasteiger partial charge in [-0.25, -0.2) is 0 Å². The standard InChI is InChI=1S/C17H23F3N2O2/c1-3-4-5-15(22-10-8-21-9-11-22)14-7-6-13(12-16(14)23-2)24-17(18,19)20/h3,6-7,12,15,21H,1,4-5,8-11H2,2H3/t15-/m1/s1. The van der Waals surface area contributed by atoms with Crippen LogP contribution in [-0.4, -0.2) is 44.6 Å². The average molecular weight is 344 g/mol. The van der Waals surface area contributed by atoms with Crippen LogP contribution >= 0.6 is 0 Å². The van der Waals surface area contributed by atoms with E-state index in [4.69, 9.17) is 4.74 Å². The number of hydrogen-bond donors (Lipinski definition) is 1. The van der Waals surface area contributed by atoms with E-state index in [0.717, 1.165) is 44.6 Å². The maximum atomic E-state index is 12.4. The molecule has 1 aliphatic rings. The van der Waals surface area contributed by atoms with E-state index in [2.05, 4.69) is 21.5 Å². The largest absolute Gasteiger partial charge is 0.573 e. The number of nitrogens with one attached hydrogen (secondary N) is 1. The van der Waals surface area contributed by atoms with Crippen LogP contribution in [0, 0.1) is 0 Å². The fourth-order valence-corrected chi connectivity index (χ4v) is 2.97. The first-order valence-electron chi connectivity index (χ1n) is 7.94. The lowest BCUT2D eigenvalue weighted by atomic mass is 9.98. The molecule has 24 heavy (non-hydrogen) atoms. The molecular formula is C17H23F3N2O2. The third kappa shape index (κ3) is 5.14. The van der Waals surface area contributed by atoms with Gasteiger partial charge in [-0.2, -0.15) is 0 Å². The van der Waals surface area contributed by atoms with Crippen LogP contribution in [-0.2, 0) is 0 Å². The second-order valence-electron chi connectivity index (χ2n) is 5.62. The number of allylic oxidation sites excluding steroid dienone is 1. The van der Waals surface area contributed by atoms with Crippen molar-refractivity contribution in [1.29, 1.82) is 0 Å². The van der Waals surface area contributed by atoms with E-state index < -0.39 is 6.36 Å². The highest BCUT2D eigenvalue weighted by Crippen LogP contribution is 2.36. The highest BCUT2D eigenvalue weighted by molar-refractivity contribution is 5.42. The van der Waals surface area contributed by atoms with Crippen molar-refractivity contribution in [2.24, 2.45) is 0 Å². The van der Waals surface area contributed by atoms with Crippen molar-refractivity contribution in [1.82, 2.24) is 10.2 Å². The molecule has 1 aliphatic heterocycles. The van der Waals surface area contributed by atoms with Gasteiger partial charge in [0.15, 0.2) is 0 Å². The minimum absolute atomic E-state index is 0.0694. The summed E-state index contributed by atoms with van der Waals surface area (Å²) in [7, 11) is 1.46. The van der Waals surface area contributed by atoms with E-state index >= 15 is 0 Å². The molecule has 4 nitrogen and oxygen atoms in total. The molecular weight excluding hydrogens is 321 g/mol. The van der Waals surface area contributed by atoms with E-state index in [-0.39, 0.29) is 11.8 Å². The molecule has 1 N–H and O–H groups in total. The van der Waals surface area contributed by atoms with Crippen LogP contribution in [0.2, 0.25) is 0 Å². The van der Waals surface area contributed by atoms with Crippen LogP contribution in [0.3, 0.4) is 0 Å². The summed E-state index contributed by atoms with van der Waals surface area (Å²) in [6.45, 7) is 7.30. The number of piperazine rings is 1. The van der Waals surface area contributed by atoms with Gasteiger partial charge in [-0.1, -0.05) is 12.1 Å². The summed E-state index contributed by atoms with van der Waals surface area (Å²) in [5, 5.41) is 3.30. The molecule has 0 radical (unpaired) electrons. The van der Waals surface area contributed by atoms with Crippen LogP contribution in [0.5, 0.6) is 11.5 Å². The molecule has 134 valence electrons. The van der Waals surface area contributed by atoms with Crippen molar-refractivity contribution in [2.75, 3.05) is 33.3 Å². The Bertz CT molecular complexity index is 543. The summed E-state index contributed by atoms with van der Waals surface area (Å²) in [4.78, 5) is 2.32. The van der Waals surface area contributed by atoms with Gasteiger partial charge in [-0.15, -0.1) is 19.8 Å². The number of benzene rings is 1. The van der Waals surface area contributed by atoms with E-state index in [1.54, 1.807) is 6.07 Å². The first kappa shape index (κ1) is 18.6. The Labute approximate surface area is 140 Å². The highest BCUT2D eigenvalue weighted by Gasteiger charge is 2.32. The van der Waals surface area contributed by atoms with Gasteiger partial charge in [-0.05, 0) is 18.9 Å². The molecule has 2 rings (SSSR count). The third-order valence-electron chi connectivity index (χ3n) is 4.03. The Morgan fingerprint density at radius 1 is 1.33 bits per heavy atom. The molecule has 7 heteroatoms. The van der Waals surface area contributed by atoms with Gasteiger partial charge >= 0.3 is 6.36 Å². The molecule has 0 saturated carbocycles. The van der Waals surface area contributed by atoms with Crippen LogP contribution in [0.1, 0.15) is 24.4 Å². The molecule has 1 saturated heterocycles. The number of hydrogen-bond acceptors (Lipinski definition) is 4. The second kappa shape index (κ2) is 8.39. The molecule has 0 spiro atoms. The molecule has 0 aromatic heterocycles. The molecule has 0 amide bonds. The predicted molar refractivity (Wildman–Crippen MR) is 86.3 cm³/mol. The number of methoxy groups -OCH3 is 1. The summed E-state index contributed by atoms with van der Waals surface area (Å²) in [5.74, 6) is 0.134. The van der Waals surface area contributed by atoms with Crippen molar-refractivity contribution in [2.45, 2.75) is 25.2 Å². The Kier molecular flexibility index (Phi) is 6.51. The highest BCUT2D eigenvalue weighted by atomic mass is 19.4.